The van der Waals surface area contributed by atoms with Crippen molar-refractivity contribution in [3.8, 4) is 0 Å². The third-order valence-corrected chi connectivity index (χ3v) is 3.34. The van der Waals surface area contributed by atoms with E-state index in [2.05, 4.69) is 25.5 Å². The van der Waals surface area contributed by atoms with Gasteiger partial charge in [-0.2, -0.15) is 0 Å². The molecule has 0 aliphatic heterocycles. The van der Waals surface area contributed by atoms with Gasteiger partial charge in [-0.15, -0.1) is 5.10 Å². The van der Waals surface area contributed by atoms with E-state index in [0.717, 1.165) is 4.85 Å². The van der Waals surface area contributed by atoms with Crippen molar-refractivity contribution in [3.05, 3.63) is 35.6 Å². The minimum atomic E-state index is -0.899. The molecule has 0 bridgehead atoms. The zero-order chi connectivity index (χ0) is 18.0. The highest BCUT2D eigenvalue weighted by Crippen LogP contribution is 2.14. The molecular formula is C15H15N5O5. The second-order valence-corrected chi connectivity index (χ2v) is 5.22. The lowest BCUT2D eigenvalue weighted by atomic mass is 10.2. The Kier molecular flexibility index (Phi) is 4.33. The normalized spacial score (nSPS) is 12.0. The minimum Gasteiger partial charge on any atom is -0.465 e. The Morgan fingerprint density at radius 2 is 2.12 bits per heavy atom. The first-order valence-corrected chi connectivity index (χ1v) is 7.33. The van der Waals surface area contributed by atoms with Crippen molar-refractivity contribution in [2.45, 2.75) is 20.0 Å². The van der Waals surface area contributed by atoms with Crippen LogP contribution in [0.3, 0.4) is 0 Å². The predicted molar refractivity (Wildman–Crippen MR) is 84.8 cm³/mol. The molecule has 2 aromatic heterocycles. The van der Waals surface area contributed by atoms with Gasteiger partial charge >= 0.3 is 5.97 Å². The van der Waals surface area contributed by atoms with Crippen LogP contribution in [0.4, 0.5) is 5.82 Å². The Morgan fingerprint density at radius 3 is 2.80 bits per heavy atom. The summed E-state index contributed by atoms with van der Waals surface area (Å²) >= 11 is 0. The average molecular weight is 345 g/mol. The predicted octanol–water partition coefficient (Wildman–Crippen LogP) is 0.970. The number of aromatic nitrogens is 4. The number of esters is 1. The van der Waals surface area contributed by atoms with Gasteiger partial charge in [0.25, 0.3) is 5.91 Å². The number of hydrogen-bond acceptors (Lipinski definition) is 8. The second kappa shape index (κ2) is 6.59. The lowest BCUT2D eigenvalue weighted by Gasteiger charge is -2.12. The van der Waals surface area contributed by atoms with Gasteiger partial charge in [-0.1, -0.05) is 10.0 Å². The van der Waals surface area contributed by atoms with Crippen molar-refractivity contribution in [1.29, 1.82) is 0 Å². The maximum absolute atomic E-state index is 12.2. The highest BCUT2D eigenvalue weighted by molar-refractivity contribution is 5.94. The number of nitrogens with zero attached hydrogens (tertiary/aromatic N) is 4. The number of rotatable bonds is 5. The summed E-state index contributed by atoms with van der Waals surface area (Å²) in [6, 6.07) is 6.28. The van der Waals surface area contributed by atoms with E-state index in [-0.39, 0.29) is 5.82 Å². The number of aryl methyl sites for hydroxylation is 1. The smallest absolute Gasteiger partial charge is 0.337 e. The van der Waals surface area contributed by atoms with E-state index in [9.17, 15) is 9.59 Å². The molecule has 3 rings (SSSR count). The molecule has 0 spiro atoms. The fraction of sp³-hybridized carbons (Fsp3) is 0.267. The molecule has 130 valence electrons. The number of hydrogen-bond donors (Lipinski definition) is 1. The Bertz CT molecular complexity index is 931. The molecule has 0 saturated heterocycles. The van der Waals surface area contributed by atoms with E-state index in [1.807, 2.05) is 0 Å². The first-order chi connectivity index (χ1) is 12.0. The first-order valence-electron chi connectivity index (χ1n) is 7.33. The summed E-state index contributed by atoms with van der Waals surface area (Å²) in [5.41, 5.74) is 1.25. The summed E-state index contributed by atoms with van der Waals surface area (Å²) in [6.07, 6.45) is -0.899. The summed E-state index contributed by atoms with van der Waals surface area (Å²) in [7, 11) is 1.29. The van der Waals surface area contributed by atoms with Crippen LogP contribution in [0.2, 0.25) is 0 Å². The van der Waals surface area contributed by atoms with Gasteiger partial charge in [0.1, 0.15) is 16.8 Å². The lowest BCUT2D eigenvalue weighted by Crippen LogP contribution is -2.35. The SMILES string of the molecule is COC(=O)c1ccc2nnn(O[C@H](C)C(=O)Nc3cc(C)on3)c2c1. The van der Waals surface area contributed by atoms with Crippen molar-refractivity contribution in [2.75, 3.05) is 12.4 Å². The van der Waals surface area contributed by atoms with Crippen LogP contribution in [0.25, 0.3) is 11.0 Å². The number of carbonyl (C=O) groups is 2. The molecule has 0 aliphatic rings. The Hall–Kier alpha value is -3.43. The number of anilines is 1. The van der Waals surface area contributed by atoms with Crippen molar-refractivity contribution >= 4 is 28.7 Å². The molecule has 25 heavy (non-hydrogen) atoms. The van der Waals surface area contributed by atoms with Crippen molar-refractivity contribution in [2.24, 2.45) is 0 Å². The standard InChI is InChI=1S/C15H15N5O5/c1-8-6-13(18-24-8)16-14(21)9(2)25-20-12-7-10(15(22)23-3)4-5-11(12)17-19-20/h4-7,9H,1-3H3,(H,16,18,21)/t9-/m1/s1. The molecule has 0 radical (unpaired) electrons. The topological polar surface area (TPSA) is 121 Å². The molecule has 0 unspecified atom stereocenters. The van der Waals surface area contributed by atoms with Crippen LogP contribution in [0, 0.1) is 6.92 Å². The van der Waals surface area contributed by atoms with E-state index in [0.29, 0.717) is 22.4 Å². The fourth-order valence-electron chi connectivity index (χ4n) is 2.07. The van der Waals surface area contributed by atoms with Gasteiger partial charge in [-0.05, 0) is 37.3 Å². The summed E-state index contributed by atoms with van der Waals surface area (Å²) in [6.45, 7) is 3.25. The molecule has 10 nitrogen and oxygen atoms in total. The van der Waals surface area contributed by atoms with Crippen molar-refractivity contribution < 1.29 is 23.7 Å². The Morgan fingerprint density at radius 1 is 1.32 bits per heavy atom. The van der Waals surface area contributed by atoms with E-state index in [4.69, 9.17) is 9.36 Å². The Balaban J connectivity index is 1.77. The van der Waals surface area contributed by atoms with Gasteiger partial charge < -0.3 is 19.4 Å². The maximum atomic E-state index is 12.2. The van der Waals surface area contributed by atoms with Gasteiger partial charge in [0.2, 0.25) is 6.10 Å². The number of methoxy groups -OCH3 is 1. The molecule has 0 fully saturated rings. The third-order valence-electron chi connectivity index (χ3n) is 3.34. The van der Waals surface area contributed by atoms with Gasteiger partial charge in [0.05, 0.1) is 12.7 Å². The van der Waals surface area contributed by atoms with Gasteiger partial charge in [0.15, 0.2) is 5.82 Å². The van der Waals surface area contributed by atoms with Crippen molar-refractivity contribution in [1.82, 2.24) is 20.3 Å². The quantitative estimate of drug-likeness (QED) is 0.679. The number of nitrogens with one attached hydrogen (secondary N) is 1. The van der Waals surface area contributed by atoms with Gasteiger partial charge in [-0.25, -0.2) is 4.79 Å². The summed E-state index contributed by atoms with van der Waals surface area (Å²) < 4.78 is 9.56. The van der Waals surface area contributed by atoms with Crippen LogP contribution in [0.1, 0.15) is 23.0 Å². The van der Waals surface area contributed by atoms with Crippen LogP contribution in [-0.4, -0.2) is 45.4 Å². The van der Waals surface area contributed by atoms with Crippen LogP contribution in [0.15, 0.2) is 28.8 Å². The van der Waals surface area contributed by atoms with Crippen LogP contribution >= 0.6 is 0 Å². The van der Waals surface area contributed by atoms with Gasteiger partial charge in [-0.3, -0.25) is 4.79 Å². The number of ether oxygens (including phenoxy) is 1. The average Bonchev–Trinajstić information content (AvgIpc) is 3.19. The zero-order valence-electron chi connectivity index (χ0n) is 13.7. The molecule has 0 saturated carbocycles. The maximum Gasteiger partial charge on any atom is 0.337 e. The number of benzene rings is 1. The molecule has 1 N–H and O–H groups in total. The first kappa shape index (κ1) is 16.4. The molecule has 0 aliphatic carbocycles. The molecule has 3 aromatic rings. The zero-order valence-corrected chi connectivity index (χ0v) is 13.7. The number of carbonyl (C=O) groups excluding carboxylic acids is 2. The molecular weight excluding hydrogens is 330 g/mol. The molecule has 10 heteroatoms. The number of fused-ring (bicyclic) bond motifs is 1. The fourth-order valence-corrected chi connectivity index (χ4v) is 2.07. The number of amides is 1. The van der Waals surface area contributed by atoms with Crippen LogP contribution in [-0.2, 0) is 9.53 Å². The monoisotopic (exact) mass is 345 g/mol. The van der Waals surface area contributed by atoms with Crippen LogP contribution < -0.4 is 10.2 Å². The highest BCUT2D eigenvalue weighted by Gasteiger charge is 2.19. The Labute approximate surface area is 141 Å². The van der Waals surface area contributed by atoms with E-state index in [1.165, 1.54) is 13.2 Å². The lowest BCUT2D eigenvalue weighted by molar-refractivity contribution is -0.127. The highest BCUT2D eigenvalue weighted by atomic mass is 16.7. The molecule has 1 aromatic carbocycles. The summed E-state index contributed by atoms with van der Waals surface area (Å²) in [5.74, 6) is -0.0845. The van der Waals surface area contributed by atoms with Crippen LogP contribution in [0.5, 0.6) is 0 Å². The van der Waals surface area contributed by atoms with E-state index >= 15 is 0 Å². The summed E-state index contributed by atoms with van der Waals surface area (Å²) in [4.78, 5) is 30.4. The van der Waals surface area contributed by atoms with E-state index < -0.39 is 18.0 Å². The minimum absolute atomic E-state index is 0.286. The van der Waals surface area contributed by atoms with Gasteiger partial charge in [0, 0.05) is 6.07 Å². The molecule has 1 amide bonds. The molecule has 2 heterocycles. The van der Waals surface area contributed by atoms with E-state index in [1.54, 1.807) is 32.0 Å². The summed E-state index contributed by atoms with van der Waals surface area (Å²) in [5, 5.41) is 14.0. The third kappa shape index (κ3) is 3.42. The van der Waals surface area contributed by atoms with Crippen molar-refractivity contribution in [3.63, 3.8) is 0 Å². The second-order valence-electron chi connectivity index (χ2n) is 5.22. The largest absolute Gasteiger partial charge is 0.465 e. The molecule has 1 atom stereocenters.